The Bertz CT molecular complexity index is 1280. The summed E-state index contributed by atoms with van der Waals surface area (Å²) in [6.07, 6.45) is 2.59. The summed E-state index contributed by atoms with van der Waals surface area (Å²) in [6.45, 7) is 7.65. The molecule has 4 rings (SSSR count). The molecule has 1 aliphatic rings. The first-order valence-electron chi connectivity index (χ1n) is 11.0. The van der Waals surface area contributed by atoms with Crippen molar-refractivity contribution >= 4 is 5.91 Å². The molecule has 0 radical (unpaired) electrons. The number of aromatic nitrogens is 4. The molecule has 3 heterocycles. The van der Waals surface area contributed by atoms with Crippen molar-refractivity contribution in [3.63, 3.8) is 0 Å². The number of aromatic amines is 2. The maximum atomic E-state index is 13.1. The van der Waals surface area contributed by atoms with E-state index in [2.05, 4.69) is 15.2 Å². The van der Waals surface area contributed by atoms with Crippen molar-refractivity contribution < 1.29 is 9.90 Å². The number of aliphatic hydroxyl groups is 1. The number of carbonyl (C=O) groups is 1. The number of amides is 1. The predicted octanol–water partition coefficient (Wildman–Crippen LogP) is 1.61. The largest absolute Gasteiger partial charge is 0.386 e. The van der Waals surface area contributed by atoms with Crippen LogP contribution in [0.2, 0.25) is 0 Å². The molecule has 1 aromatic carbocycles. The van der Waals surface area contributed by atoms with Crippen LogP contribution in [0, 0.1) is 20.8 Å². The van der Waals surface area contributed by atoms with Crippen LogP contribution in [-0.2, 0) is 6.42 Å². The van der Waals surface area contributed by atoms with Gasteiger partial charge in [-0.05, 0) is 51.8 Å². The fourth-order valence-corrected chi connectivity index (χ4v) is 4.58. The summed E-state index contributed by atoms with van der Waals surface area (Å²) in [7, 11) is 0. The SMILES string of the molecule is Cc1n[nH]c(C)c1Cc1ccc(C(=O)N2CC[C@H](n3cc(C)c(=O)[nH]c3=O)[C@@](C)(O)C2)cc1. The van der Waals surface area contributed by atoms with Gasteiger partial charge in [0.05, 0.1) is 18.3 Å². The second-order valence-electron chi connectivity index (χ2n) is 9.15. The Morgan fingerprint density at radius 2 is 1.91 bits per heavy atom. The molecule has 3 aromatic rings. The molecular weight excluding hydrogens is 422 g/mol. The number of rotatable bonds is 4. The minimum Gasteiger partial charge on any atom is -0.386 e. The lowest BCUT2D eigenvalue weighted by molar-refractivity contribution is -0.0504. The molecule has 0 saturated carbocycles. The van der Waals surface area contributed by atoms with Gasteiger partial charge in [-0.3, -0.25) is 24.2 Å². The summed E-state index contributed by atoms with van der Waals surface area (Å²) >= 11 is 0. The standard InChI is InChI=1S/C24H29N5O4/c1-14-12-29(23(32)25-21(14)30)20-9-10-28(13-24(20,4)33)22(31)18-7-5-17(6-8-18)11-19-15(2)26-27-16(19)3/h5-8,12,20,33H,9-11,13H2,1-4H3,(H,26,27)(H,25,30,32)/t20-,24-/m0/s1. The number of nitrogens with one attached hydrogen (secondary N) is 2. The van der Waals surface area contributed by atoms with E-state index in [1.807, 2.05) is 26.0 Å². The average Bonchev–Trinajstić information content (AvgIpc) is 3.08. The van der Waals surface area contributed by atoms with Crippen LogP contribution in [0.4, 0.5) is 0 Å². The predicted molar refractivity (Wildman–Crippen MR) is 124 cm³/mol. The third-order valence-corrected chi connectivity index (χ3v) is 6.53. The van der Waals surface area contributed by atoms with Gasteiger partial charge < -0.3 is 10.0 Å². The van der Waals surface area contributed by atoms with Crippen LogP contribution >= 0.6 is 0 Å². The summed E-state index contributed by atoms with van der Waals surface area (Å²) in [5, 5.41) is 18.3. The van der Waals surface area contributed by atoms with Crippen LogP contribution < -0.4 is 11.2 Å². The van der Waals surface area contributed by atoms with Crippen LogP contribution in [0.25, 0.3) is 0 Å². The number of H-pyrrole nitrogens is 2. The highest BCUT2D eigenvalue weighted by Gasteiger charge is 2.41. The third-order valence-electron chi connectivity index (χ3n) is 6.53. The Balaban J connectivity index is 1.48. The number of hydrogen-bond donors (Lipinski definition) is 3. The highest BCUT2D eigenvalue weighted by atomic mass is 16.3. The molecule has 2 aromatic heterocycles. The van der Waals surface area contributed by atoms with E-state index < -0.39 is 22.9 Å². The van der Waals surface area contributed by atoms with Crippen molar-refractivity contribution in [1.82, 2.24) is 24.6 Å². The molecular formula is C24H29N5O4. The number of nitrogens with zero attached hydrogens (tertiary/aromatic N) is 3. The Morgan fingerprint density at radius 3 is 2.52 bits per heavy atom. The van der Waals surface area contributed by atoms with Gasteiger partial charge in [-0.1, -0.05) is 12.1 Å². The van der Waals surface area contributed by atoms with E-state index in [1.54, 1.807) is 30.9 Å². The van der Waals surface area contributed by atoms with E-state index in [0.717, 1.165) is 28.9 Å². The number of likely N-dealkylation sites (tertiary alicyclic amines) is 1. The van der Waals surface area contributed by atoms with E-state index in [4.69, 9.17) is 0 Å². The zero-order chi connectivity index (χ0) is 23.9. The van der Waals surface area contributed by atoms with Crippen LogP contribution in [0.1, 0.15) is 57.8 Å². The van der Waals surface area contributed by atoms with E-state index >= 15 is 0 Å². The number of benzene rings is 1. The Morgan fingerprint density at radius 1 is 1.21 bits per heavy atom. The van der Waals surface area contributed by atoms with Gasteiger partial charge in [-0.25, -0.2) is 4.79 Å². The Labute approximate surface area is 191 Å². The first-order valence-corrected chi connectivity index (χ1v) is 11.0. The van der Waals surface area contributed by atoms with E-state index in [0.29, 0.717) is 24.1 Å². The van der Waals surface area contributed by atoms with Gasteiger partial charge in [-0.2, -0.15) is 5.10 Å². The molecule has 174 valence electrons. The van der Waals surface area contributed by atoms with Crippen LogP contribution in [-0.4, -0.2) is 54.4 Å². The molecule has 0 bridgehead atoms. The molecule has 2 atom stereocenters. The summed E-state index contributed by atoms with van der Waals surface area (Å²) < 4.78 is 1.37. The molecule has 3 N–H and O–H groups in total. The Kier molecular flexibility index (Phi) is 5.84. The van der Waals surface area contributed by atoms with Crippen molar-refractivity contribution in [2.24, 2.45) is 0 Å². The normalized spacial score (nSPS) is 20.8. The fourth-order valence-electron chi connectivity index (χ4n) is 4.58. The van der Waals surface area contributed by atoms with Crippen LogP contribution in [0.5, 0.6) is 0 Å². The lowest BCUT2D eigenvalue weighted by Crippen LogP contribution is -2.56. The molecule has 1 fully saturated rings. The number of carbonyl (C=O) groups excluding carboxylic acids is 1. The monoisotopic (exact) mass is 451 g/mol. The highest BCUT2D eigenvalue weighted by Crippen LogP contribution is 2.31. The van der Waals surface area contributed by atoms with Gasteiger partial charge >= 0.3 is 5.69 Å². The minimum atomic E-state index is -1.33. The second-order valence-corrected chi connectivity index (χ2v) is 9.15. The maximum Gasteiger partial charge on any atom is 0.328 e. The van der Waals surface area contributed by atoms with Gasteiger partial charge in [0.1, 0.15) is 5.60 Å². The van der Waals surface area contributed by atoms with Gasteiger partial charge in [0.2, 0.25) is 0 Å². The average molecular weight is 452 g/mol. The van der Waals surface area contributed by atoms with Crippen molar-refractivity contribution in [3.05, 3.63) is 84.9 Å². The molecule has 0 unspecified atom stereocenters. The van der Waals surface area contributed by atoms with Crippen molar-refractivity contribution in [2.45, 2.75) is 52.2 Å². The third kappa shape index (κ3) is 4.41. The summed E-state index contributed by atoms with van der Waals surface area (Å²) in [5.41, 5.74) is 2.84. The Hall–Kier alpha value is -3.46. The molecule has 0 aliphatic carbocycles. The molecule has 1 saturated heterocycles. The highest BCUT2D eigenvalue weighted by molar-refractivity contribution is 5.94. The van der Waals surface area contributed by atoms with Gasteiger partial charge in [0, 0.05) is 41.5 Å². The number of piperidine rings is 1. The van der Waals surface area contributed by atoms with E-state index in [1.165, 1.54) is 10.8 Å². The molecule has 9 nitrogen and oxygen atoms in total. The molecule has 33 heavy (non-hydrogen) atoms. The number of aryl methyl sites for hydroxylation is 3. The van der Waals surface area contributed by atoms with Gasteiger partial charge in [0.15, 0.2) is 0 Å². The van der Waals surface area contributed by atoms with E-state index in [-0.39, 0.29) is 12.5 Å². The number of hydrogen-bond acceptors (Lipinski definition) is 5. The zero-order valence-electron chi connectivity index (χ0n) is 19.3. The van der Waals surface area contributed by atoms with Gasteiger partial charge in [0.25, 0.3) is 11.5 Å². The zero-order valence-corrected chi connectivity index (χ0v) is 19.3. The lowest BCUT2D eigenvalue weighted by atomic mass is 9.88. The lowest BCUT2D eigenvalue weighted by Gasteiger charge is -2.43. The molecule has 1 aliphatic heterocycles. The molecule has 1 amide bonds. The maximum absolute atomic E-state index is 13.1. The van der Waals surface area contributed by atoms with Crippen LogP contribution in [0.15, 0.2) is 40.1 Å². The first-order chi connectivity index (χ1) is 15.6. The fraction of sp³-hybridized carbons (Fsp3) is 0.417. The smallest absolute Gasteiger partial charge is 0.328 e. The summed E-state index contributed by atoms with van der Waals surface area (Å²) in [5.74, 6) is -0.166. The number of β-amino-alcohol motifs (C(OH)–C–C–N with tert-alkyl or cyclic N) is 1. The van der Waals surface area contributed by atoms with Crippen molar-refractivity contribution in [3.8, 4) is 0 Å². The van der Waals surface area contributed by atoms with Crippen molar-refractivity contribution in [1.29, 1.82) is 0 Å². The van der Waals surface area contributed by atoms with Crippen LogP contribution in [0.3, 0.4) is 0 Å². The molecule has 9 heteroatoms. The van der Waals surface area contributed by atoms with Gasteiger partial charge in [-0.15, -0.1) is 0 Å². The second kappa shape index (κ2) is 8.47. The topological polar surface area (TPSA) is 124 Å². The molecule has 0 spiro atoms. The first kappa shape index (κ1) is 22.7. The summed E-state index contributed by atoms with van der Waals surface area (Å²) in [6, 6.07) is 6.94. The summed E-state index contributed by atoms with van der Waals surface area (Å²) in [4.78, 5) is 41.0. The van der Waals surface area contributed by atoms with Crippen molar-refractivity contribution in [2.75, 3.05) is 13.1 Å². The quantitative estimate of drug-likeness (QED) is 0.556. The van der Waals surface area contributed by atoms with E-state index in [9.17, 15) is 19.5 Å². The minimum absolute atomic E-state index is 0.0796.